The monoisotopic (exact) mass is 493 g/mol. The van der Waals surface area contributed by atoms with Gasteiger partial charge in [-0.1, -0.05) is 40.2 Å². The topological polar surface area (TPSA) is 41.3 Å². The Hall–Kier alpha value is -3.03. The van der Waals surface area contributed by atoms with Gasteiger partial charge in [0.25, 0.3) is 0 Å². The maximum absolute atomic E-state index is 14.5. The molecule has 0 aliphatic carbocycles. The van der Waals surface area contributed by atoms with Gasteiger partial charge in [-0.15, -0.1) is 0 Å². The van der Waals surface area contributed by atoms with Crippen LogP contribution < -0.4 is 10.2 Å². The van der Waals surface area contributed by atoms with E-state index in [2.05, 4.69) is 26.2 Å². The number of furan rings is 1. The van der Waals surface area contributed by atoms with Gasteiger partial charge in [0.05, 0.1) is 17.3 Å². The molecule has 154 valence electrons. The molecule has 3 heterocycles. The van der Waals surface area contributed by atoms with Gasteiger partial charge in [0.1, 0.15) is 23.4 Å². The summed E-state index contributed by atoms with van der Waals surface area (Å²) in [6.45, 7) is 0. The molecule has 0 saturated carbocycles. The SMILES string of the molecule is Fc1cc(Br)ccc1-c1ccc([C@H]2[C@@H](c3ccccn3)NC(=S)N2c2ccccc2)o1. The highest BCUT2D eigenvalue weighted by atomic mass is 79.9. The normalized spacial score (nSPS) is 18.3. The Labute approximate surface area is 192 Å². The molecule has 0 amide bonds. The van der Waals surface area contributed by atoms with Crippen molar-refractivity contribution in [3.8, 4) is 11.3 Å². The molecule has 4 nitrogen and oxygen atoms in total. The molecule has 2 atom stereocenters. The summed E-state index contributed by atoms with van der Waals surface area (Å²) in [7, 11) is 0. The third-order valence-corrected chi connectivity index (χ3v) is 6.06. The molecule has 5 rings (SSSR count). The Balaban J connectivity index is 1.60. The van der Waals surface area contributed by atoms with Gasteiger partial charge in [0, 0.05) is 16.4 Å². The summed E-state index contributed by atoms with van der Waals surface area (Å²) in [5, 5.41) is 3.97. The van der Waals surface area contributed by atoms with Gasteiger partial charge in [-0.2, -0.15) is 0 Å². The Morgan fingerprint density at radius 3 is 2.55 bits per heavy atom. The fourth-order valence-corrected chi connectivity index (χ4v) is 4.54. The summed E-state index contributed by atoms with van der Waals surface area (Å²) >= 11 is 8.99. The van der Waals surface area contributed by atoms with E-state index in [1.165, 1.54) is 6.07 Å². The van der Waals surface area contributed by atoms with E-state index in [0.717, 1.165) is 11.4 Å². The van der Waals surface area contributed by atoms with Crippen LogP contribution >= 0.6 is 28.1 Å². The number of rotatable bonds is 4. The summed E-state index contributed by atoms with van der Waals surface area (Å²) < 4.78 is 21.4. The van der Waals surface area contributed by atoms with Crippen LogP contribution in [0.25, 0.3) is 11.3 Å². The summed E-state index contributed by atoms with van der Waals surface area (Å²) in [6.07, 6.45) is 1.76. The van der Waals surface area contributed by atoms with Crippen LogP contribution in [0.2, 0.25) is 0 Å². The van der Waals surface area contributed by atoms with Crippen molar-refractivity contribution < 1.29 is 8.81 Å². The second-order valence-electron chi connectivity index (χ2n) is 7.16. The highest BCUT2D eigenvalue weighted by molar-refractivity contribution is 9.10. The van der Waals surface area contributed by atoms with E-state index < -0.39 is 0 Å². The van der Waals surface area contributed by atoms with Gasteiger partial charge < -0.3 is 14.6 Å². The number of aromatic nitrogens is 1. The Morgan fingerprint density at radius 2 is 1.81 bits per heavy atom. The minimum absolute atomic E-state index is 0.220. The molecule has 1 aliphatic rings. The van der Waals surface area contributed by atoms with Crippen LogP contribution in [0.1, 0.15) is 23.5 Å². The zero-order valence-corrected chi connectivity index (χ0v) is 18.6. The zero-order chi connectivity index (χ0) is 21.4. The average molecular weight is 494 g/mol. The highest BCUT2D eigenvalue weighted by Gasteiger charge is 2.42. The number of nitrogens with one attached hydrogen (secondary N) is 1. The highest BCUT2D eigenvalue weighted by Crippen LogP contribution is 2.43. The molecule has 1 saturated heterocycles. The van der Waals surface area contributed by atoms with Crippen LogP contribution in [0, 0.1) is 5.82 Å². The van der Waals surface area contributed by atoms with Gasteiger partial charge in [-0.3, -0.25) is 4.98 Å². The lowest BCUT2D eigenvalue weighted by Gasteiger charge is -2.26. The van der Waals surface area contributed by atoms with E-state index in [0.29, 0.717) is 26.7 Å². The molecule has 2 aromatic heterocycles. The van der Waals surface area contributed by atoms with Crippen molar-refractivity contribution in [3.63, 3.8) is 0 Å². The second kappa shape index (κ2) is 8.24. The Kier molecular flexibility index (Phi) is 5.29. The van der Waals surface area contributed by atoms with E-state index >= 15 is 0 Å². The quantitative estimate of drug-likeness (QED) is 0.332. The largest absolute Gasteiger partial charge is 0.459 e. The van der Waals surface area contributed by atoms with Crippen LogP contribution in [0.4, 0.5) is 10.1 Å². The van der Waals surface area contributed by atoms with Crippen molar-refractivity contribution >= 4 is 38.9 Å². The van der Waals surface area contributed by atoms with Crippen molar-refractivity contribution in [1.29, 1.82) is 0 Å². The molecule has 0 radical (unpaired) electrons. The number of hydrogen-bond donors (Lipinski definition) is 1. The number of thiocarbonyl (C=S) groups is 1. The Bertz CT molecular complexity index is 1230. The number of halogens is 2. The molecule has 0 unspecified atom stereocenters. The molecule has 7 heteroatoms. The van der Waals surface area contributed by atoms with Gasteiger partial charge in [-0.25, -0.2) is 4.39 Å². The van der Waals surface area contributed by atoms with Crippen molar-refractivity contribution in [3.05, 3.63) is 107 Å². The fourth-order valence-electron chi connectivity index (χ4n) is 3.86. The van der Waals surface area contributed by atoms with Gasteiger partial charge >= 0.3 is 0 Å². The third-order valence-electron chi connectivity index (χ3n) is 5.25. The molecule has 1 aliphatic heterocycles. The summed E-state index contributed by atoms with van der Waals surface area (Å²) in [6, 6.07) is 23.8. The molecule has 1 N–H and O–H groups in total. The summed E-state index contributed by atoms with van der Waals surface area (Å²) in [5.74, 6) is 0.784. The van der Waals surface area contributed by atoms with E-state index in [9.17, 15) is 4.39 Å². The number of para-hydroxylation sites is 1. The van der Waals surface area contributed by atoms with Crippen molar-refractivity contribution in [1.82, 2.24) is 10.3 Å². The molecule has 0 spiro atoms. The minimum atomic E-state index is -0.350. The minimum Gasteiger partial charge on any atom is -0.459 e. The average Bonchev–Trinajstić information content (AvgIpc) is 3.39. The number of nitrogens with zero attached hydrogens (tertiary/aromatic N) is 2. The molecule has 4 aromatic rings. The maximum Gasteiger partial charge on any atom is 0.174 e. The summed E-state index contributed by atoms with van der Waals surface area (Å²) in [4.78, 5) is 6.56. The van der Waals surface area contributed by atoms with E-state index in [1.54, 1.807) is 24.4 Å². The van der Waals surface area contributed by atoms with E-state index in [1.807, 2.05) is 59.5 Å². The fraction of sp³-hybridized carbons (Fsp3) is 0.0833. The standard InChI is InChI=1S/C24H17BrFN3OS/c25-15-9-10-17(18(26)14-15)20-11-12-21(30-20)23-22(19-8-4-5-13-27-19)28-24(31)29(23)16-6-2-1-3-7-16/h1-14,22-23H,(H,28,31)/t22-,23+/m1/s1. The molecule has 1 fully saturated rings. The molecule has 31 heavy (non-hydrogen) atoms. The van der Waals surface area contributed by atoms with Crippen LogP contribution in [-0.4, -0.2) is 10.1 Å². The number of benzene rings is 2. The van der Waals surface area contributed by atoms with Gasteiger partial charge in [-0.05, 0) is 66.8 Å². The lowest BCUT2D eigenvalue weighted by Crippen LogP contribution is -2.29. The predicted molar refractivity (Wildman–Crippen MR) is 126 cm³/mol. The third kappa shape index (κ3) is 3.75. The lowest BCUT2D eigenvalue weighted by molar-refractivity contribution is 0.438. The lowest BCUT2D eigenvalue weighted by atomic mass is 10.0. The molecular weight excluding hydrogens is 477 g/mol. The zero-order valence-electron chi connectivity index (χ0n) is 16.2. The van der Waals surface area contributed by atoms with Crippen LogP contribution in [0.15, 0.2) is 93.9 Å². The van der Waals surface area contributed by atoms with Crippen molar-refractivity contribution in [2.75, 3.05) is 4.90 Å². The Morgan fingerprint density at radius 1 is 1.00 bits per heavy atom. The van der Waals surface area contributed by atoms with Crippen LogP contribution in [-0.2, 0) is 0 Å². The number of pyridine rings is 1. The summed E-state index contributed by atoms with van der Waals surface area (Å²) in [5.41, 5.74) is 2.20. The van der Waals surface area contributed by atoms with Crippen molar-refractivity contribution in [2.45, 2.75) is 12.1 Å². The van der Waals surface area contributed by atoms with Gasteiger partial charge in [0.2, 0.25) is 0 Å². The first kappa shape index (κ1) is 19.9. The first-order chi connectivity index (χ1) is 15.1. The smallest absolute Gasteiger partial charge is 0.174 e. The van der Waals surface area contributed by atoms with Crippen LogP contribution in [0.5, 0.6) is 0 Å². The molecule has 0 bridgehead atoms. The second-order valence-corrected chi connectivity index (χ2v) is 8.46. The predicted octanol–water partition coefficient (Wildman–Crippen LogP) is 6.42. The van der Waals surface area contributed by atoms with E-state index in [4.69, 9.17) is 16.6 Å². The van der Waals surface area contributed by atoms with E-state index in [-0.39, 0.29) is 17.9 Å². The van der Waals surface area contributed by atoms with Crippen LogP contribution in [0.3, 0.4) is 0 Å². The van der Waals surface area contributed by atoms with Crippen molar-refractivity contribution in [2.24, 2.45) is 0 Å². The molecular formula is C24H17BrFN3OS. The first-order valence-corrected chi connectivity index (χ1v) is 10.9. The maximum atomic E-state index is 14.5. The molecule has 2 aromatic carbocycles. The van der Waals surface area contributed by atoms with Gasteiger partial charge in [0.15, 0.2) is 5.11 Å². The number of anilines is 1. The first-order valence-electron chi connectivity index (χ1n) is 9.72. The number of hydrogen-bond acceptors (Lipinski definition) is 3.